The molecule has 2 N–H and O–H groups in total. The molecule has 2 fully saturated rings. The maximum absolute atomic E-state index is 12.5. The first-order valence-electron chi connectivity index (χ1n) is 9.12. The summed E-state index contributed by atoms with van der Waals surface area (Å²) in [7, 11) is 1.39. The summed E-state index contributed by atoms with van der Waals surface area (Å²) in [5, 5.41) is 6.24. The van der Waals surface area contributed by atoms with E-state index in [0.29, 0.717) is 19.0 Å². The van der Waals surface area contributed by atoms with E-state index in [9.17, 15) is 9.59 Å². The van der Waals surface area contributed by atoms with Crippen molar-refractivity contribution < 1.29 is 14.3 Å². The van der Waals surface area contributed by atoms with Gasteiger partial charge in [-0.1, -0.05) is 36.8 Å². The zero-order valence-corrected chi connectivity index (χ0v) is 14.7. The van der Waals surface area contributed by atoms with E-state index in [4.69, 9.17) is 4.74 Å². The molecule has 0 radical (unpaired) electrons. The molecule has 1 aliphatic heterocycles. The summed E-state index contributed by atoms with van der Waals surface area (Å²) in [4.78, 5) is 25.7. The Hall–Kier alpha value is -2.24. The minimum absolute atomic E-state index is 0.0742. The Balaban J connectivity index is 1.52. The second kappa shape index (κ2) is 8.23. The number of carbonyl (C=O) groups excluding carboxylic acids is 2. The van der Waals surface area contributed by atoms with Gasteiger partial charge in [-0.05, 0) is 37.2 Å². The van der Waals surface area contributed by atoms with Gasteiger partial charge in [-0.15, -0.1) is 0 Å². The van der Waals surface area contributed by atoms with E-state index in [-0.39, 0.29) is 24.2 Å². The maximum Gasteiger partial charge on any atom is 0.409 e. The summed E-state index contributed by atoms with van der Waals surface area (Å²) in [5.41, 5.74) is 1.17. The summed E-state index contributed by atoms with van der Waals surface area (Å²) >= 11 is 0. The van der Waals surface area contributed by atoms with Crippen molar-refractivity contribution in [3.8, 4) is 0 Å². The molecule has 1 aromatic carbocycles. The van der Waals surface area contributed by atoms with Crippen molar-refractivity contribution in [2.75, 3.05) is 20.2 Å². The first-order valence-corrected chi connectivity index (χ1v) is 9.12. The van der Waals surface area contributed by atoms with Crippen LogP contribution in [0.1, 0.15) is 43.7 Å². The molecule has 0 aromatic heterocycles. The fourth-order valence-corrected chi connectivity index (χ4v) is 3.61. The monoisotopic (exact) mass is 345 g/mol. The summed E-state index contributed by atoms with van der Waals surface area (Å²) < 4.78 is 4.74. The number of urea groups is 1. The molecule has 3 rings (SSSR count). The van der Waals surface area contributed by atoms with Crippen LogP contribution >= 0.6 is 0 Å². The summed E-state index contributed by atoms with van der Waals surface area (Å²) in [5.74, 6) is 0.523. The molecular weight excluding hydrogens is 318 g/mol. The van der Waals surface area contributed by atoms with Crippen LogP contribution in [-0.2, 0) is 4.74 Å². The maximum atomic E-state index is 12.5. The van der Waals surface area contributed by atoms with Crippen LogP contribution in [0.5, 0.6) is 0 Å². The number of carbonyl (C=O) groups is 2. The zero-order chi connectivity index (χ0) is 17.6. The smallest absolute Gasteiger partial charge is 0.409 e. The van der Waals surface area contributed by atoms with Crippen LogP contribution in [0.2, 0.25) is 0 Å². The van der Waals surface area contributed by atoms with Crippen LogP contribution in [0.15, 0.2) is 30.3 Å². The molecule has 6 nitrogen and oxygen atoms in total. The third-order valence-corrected chi connectivity index (χ3v) is 5.33. The van der Waals surface area contributed by atoms with Gasteiger partial charge in [-0.25, -0.2) is 9.59 Å². The van der Waals surface area contributed by atoms with E-state index < -0.39 is 0 Å². The number of hydrogen-bond donors (Lipinski definition) is 2. The van der Waals surface area contributed by atoms with Crippen LogP contribution in [0.4, 0.5) is 9.59 Å². The SMILES string of the molecule is COC(=O)N1CCC(NC(=O)NC(c2ccccc2)C2CCC2)CC1. The molecule has 6 heteroatoms. The lowest BCUT2D eigenvalue weighted by Gasteiger charge is -2.36. The van der Waals surface area contributed by atoms with Gasteiger partial charge in [0.15, 0.2) is 0 Å². The molecule has 1 aliphatic carbocycles. The fourth-order valence-electron chi connectivity index (χ4n) is 3.61. The van der Waals surface area contributed by atoms with Crippen LogP contribution < -0.4 is 10.6 Å². The molecule has 0 bridgehead atoms. The molecule has 0 spiro atoms. The lowest BCUT2D eigenvalue weighted by Crippen LogP contribution is -2.50. The van der Waals surface area contributed by atoms with Crippen molar-refractivity contribution in [3.05, 3.63) is 35.9 Å². The number of ether oxygens (including phenoxy) is 1. The Bertz CT molecular complexity index is 581. The average Bonchev–Trinajstić information content (AvgIpc) is 2.60. The average molecular weight is 345 g/mol. The Morgan fingerprint density at radius 1 is 1.12 bits per heavy atom. The number of nitrogens with one attached hydrogen (secondary N) is 2. The third kappa shape index (κ3) is 4.44. The number of likely N-dealkylation sites (tertiary alicyclic amines) is 1. The minimum atomic E-state index is -0.294. The van der Waals surface area contributed by atoms with Gasteiger partial charge in [-0.2, -0.15) is 0 Å². The normalized spacial score (nSPS) is 19.6. The largest absolute Gasteiger partial charge is 0.453 e. The van der Waals surface area contributed by atoms with Gasteiger partial charge in [0.05, 0.1) is 13.2 Å². The summed E-state index contributed by atoms with van der Waals surface area (Å²) in [6.07, 6.45) is 4.78. The van der Waals surface area contributed by atoms with Crippen molar-refractivity contribution in [2.24, 2.45) is 5.92 Å². The second-order valence-corrected chi connectivity index (χ2v) is 6.93. The van der Waals surface area contributed by atoms with Crippen molar-refractivity contribution in [1.82, 2.24) is 15.5 Å². The molecule has 1 heterocycles. The first kappa shape index (κ1) is 17.6. The van der Waals surface area contributed by atoms with Crippen LogP contribution in [0, 0.1) is 5.92 Å². The van der Waals surface area contributed by atoms with E-state index in [1.807, 2.05) is 18.2 Å². The Morgan fingerprint density at radius 3 is 2.36 bits per heavy atom. The van der Waals surface area contributed by atoms with Crippen molar-refractivity contribution in [1.29, 1.82) is 0 Å². The molecule has 3 amide bonds. The molecule has 1 aromatic rings. The lowest BCUT2D eigenvalue weighted by molar-refractivity contribution is 0.110. The topological polar surface area (TPSA) is 70.7 Å². The lowest BCUT2D eigenvalue weighted by atomic mass is 9.77. The number of piperidine rings is 1. The van der Waals surface area contributed by atoms with Gasteiger partial charge >= 0.3 is 12.1 Å². The highest BCUT2D eigenvalue weighted by Gasteiger charge is 2.30. The highest BCUT2D eigenvalue weighted by molar-refractivity contribution is 5.75. The molecule has 1 unspecified atom stereocenters. The summed E-state index contributed by atoms with van der Waals surface area (Å²) in [6.45, 7) is 1.23. The van der Waals surface area contributed by atoms with Crippen molar-refractivity contribution >= 4 is 12.1 Å². The van der Waals surface area contributed by atoms with E-state index in [1.165, 1.54) is 19.1 Å². The Morgan fingerprint density at radius 2 is 1.80 bits per heavy atom. The fraction of sp³-hybridized carbons (Fsp3) is 0.579. The molecule has 25 heavy (non-hydrogen) atoms. The van der Waals surface area contributed by atoms with Gasteiger partial charge in [-0.3, -0.25) is 0 Å². The minimum Gasteiger partial charge on any atom is -0.453 e. The van der Waals surface area contributed by atoms with Gasteiger partial charge in [0, 0.05) is 19.1 Å². The van der Waals surface area contributed by atoms with Gasteiger partial charge in [0.1, 0.15) is 0 Å². The number of methoxy groups -OCH3 is 1. The van der Waals surface area contributed by atoms with Crippen LogP contribution in [0.3, 0.4) is 0 Å². The number of benzene rings is 1. The zero-order valence-electron chi connectivity index (χ0n) is 14.7. The highest BCUT2D eigenvalue weighted by atomic mass is 16.5. The van der Waals surface area contributed by atoms with Crippen LogP contribution in [0.25, 0.3) is 0 Å². The number of nitrogens with zero attached hydrogens (tertiary/aromatic N) is 1. The molecule has 2 aliphatic rings. The van der Waals surface area contributed by atoms with E-state index in [2.05, 4.69) is 22.8 Å². The molecule has 1 saturated heterocycles. The Kier molecular flexibility index (Phi) is 5.79. The molecule has 1 atom stereocenters. The van der Waals surface area contributed by atoms with Crippen LogP contribution in [-0.4, -0.2) is 43.3 Å². The standard InChI is InChI=1S/C19H27N3O3/c1-25-19(24)22-12-10-16(11-13-22)20-18(23)21-17(15-8-5-9-15)14-6-3-2-4-7-14/h2-4,6-7,15-17H,5,8-13H2,1H3,(H2,20,21,23). The van der Waals surface area contributed by atoms with E-state index in [0.717, 1.165) is 25.7 Å². The van der Waals surface area contributed by atoms with E-state index >= 15 is 0 Å². The predicted octanol–water partition coefficient (Wildman–Crippen LogP) is 3.06. The quantitative estimate of drug-likeness (QED) is 0.881. The highest BCUT2D eigenvalue weighted by Crippen LogP contribution is 2.37. The first-order chi connectivity index (χ1) is 12.2. The molecule has 136 valence electrons. The summed E-state index contributed by atoms with van der Waals surface area (Å²) in [6, 6.07) is 10.2. The molecular formula is C19H27N3O3. The number of hydrogen-bond acceptors (Lipinski definition) is 3. The second-order valence-electron chi connectivity index (χ2n) is 6.93. The van der Waals surface area contributed by atoms with Gasteiger partial charge in [0.2, 0.25) is 0 Å². The van der Waals surface area contributed by atoms with Gasteiger partial charge < -0.3 is 20.3 Å². The Labute approximate surface area is 148 Å². The number of rotatable bonds is 4. The molecule has 1 saturated carbocycles. The van der Waals surface area contributed by atoms with Crippen molar-refractivity contribution in [3.63, 3.8) is 0 Å². The number of amides is 3. The predicted molar refractivity (Wildman–Crippen MR) is 95.2 cm³/mol. The van der Waals surface area contributed by atoms with Gasteiger partial charge in [0.25, 0.3) is 0 Å². The van der Waals surface area contributed by atoms with Crippen molar-refractivity contribution in [2.45, 2.75) is 44.2 Å². The van der Waals surface area contributed by atoms with E-state index in [1.54, 1.807) is 4.90 Å². The third-order valence-electron chi connectivity index (χ3n) is 5.33.